The molecule has 1 aliphatic heterocycles. The fraction of sp³-hybridized carbons (Fsp3) is 0.909. The van der Waals surface area contributed by atoms with E-state index >= 15 is 0 Å². The Bertz CT molecular complexity index is 220. The van der Waals surface area contributed by atoms with Gasteiger partial charge in [0.2, 0.25) is 5.91 Å². The van der Waals surface area contributed by atoms with Crippen molar-refractivity contribution in [3.8, 4) is 0 Å². The molecule has 1 N–H and O–H groups in total. The maximum atomic E-state index is 11.6. The molecule has 0 radical (unpaired) electrons. The zero-order valence-corrected chi connectivity index (χ0v) is 10.8. The van der Waals surface area contributed by atoms with E-state index in [9.17, 15) is 4.79 Å². The Morgan fingerprint density at radius 3 is 2.62 bits per heavy atom. The van der Waals surface area contributed by atoms with Gasteiger partial charge in [-0.05, 0) is 6.92 Å². The molecule has 1 rings (SSSR count). The third-order valence-electron chi connectivity index (χ3n) is 2.70. The number of carbonyl (C=O) groups excluding carboxylic acids is 1. The number of nitrogens with one attached hydrogen (secondary N) is 1. The van der Waals surface area contributed by atoms with E-state index in [0.29, 0.717) is 5.88 Å². The summed E-state index contributed by atoms with van der Waals surface area (Å²) in [5, 5.41) is 2.97. The van der Waals surface area contributed by atoms with Crippen molar-refractivity contribution in [3.63, 3.8) is 0 Å². The van der Waals surface area contributed by atoms with Gasteiger partial charge in [-0.15, -0.1) is 11.6 Å². The van der Waals surface area contributed by atoms with Crippen LogP contribution >= 0.6 is 11.6 Å². The van der Waals surface area contributed by atoms with E-state index in [2.05, 4.69) is 10.2 Å². The summed E-state index contributed by atoms with van der Waals surface area (Å²) in [6.07, 6.45) is 0. The Labute approximate surface area is 102 Å². The van der Waals surface area contributed by atoms with Crippen LogP contribution in [0.5, 0.6) is 0 Å². The van der Waals surface area contributed by atoms with Gasteiger partial charge in [-0.2, -0.15) is 0 Å². The van der Waals surface area contributed by atoms with Gasteiger partial charge in [-0.25, -0.2) is 0 Å². The molecular weight excluding hydrogens is 228 g/mol. The monoisotopic (exact) mass is 248 g/mol. The number of hydrogen-bond donors (Lipinski definition) is 1. The first kappa shape index (κ1) is 13.7. The summed E-state index contributed by atoms with van der Waals surface area (Å²) >= 11 is 5.63. The predicted molar refractivity (Wildman–Crippen MR) is 64.7 cm³/mol. The van der Waals surface area contributed by atoms with Crippen molar-refractivity contribution in [1.82, 2.24) is 10.2 Å². The first-order chi connectivity index (χ1) is 7.63. The van der Waals surface area contributed by atoms with Crippen LogP contribution in [-0.2, 0) is 9.53 Å². The van der Waals surface area contributed by atoms with E-state index in [1.54, 1.807) is 0 Å². The average Bonchev–Trinajstić information content (AvgIpc) is 2.29. The minimum Gasteiger partial charge on any atom is -0.379 e. The number of nitrogens with zero attached hydrogens (tertiary/aromatic N) is 1. The van der Waals surface area contributed by atoms with Gasteiger partial charge in [-0.1, -0.05) is 6.92 Å². The highest BCUT2D eigenvalue weighted by atomic mass is 35.5. The third kappa shape index (κ3) is 4.68. The largest absolute Gasteiger partial charge is 0.379 e. The Kier molecular flexibility index (Phi) is 6.09. The van der Waals surface area contributed by atoms with Crippen molar-refractivity contribution in [1.29, 1.82) is 0 Å². The number of ether oxygens (including phenoxy) is 1. The van der Waals surface area contributed by atoms with Crippen LogP contribution in [0.1, 0.15) is 13.8 Å². The standard InChI is InChI=1S/C11H21ClN2O2/c1-9(7-12)11(15)13-10(2)8-14-3-5-16-6-4-14/h9-10H,3-8H2,1-2H3,(H,13,15). The predicted octanol–water partition coefficient (Wildman–Crippen LogP) is 0.698. The van der Waals surface area contributed by atoms with Crippen molar-refractivity contribution >= 4 is 17.5 Å². The topological polar surface area (TPSA) is 41.6 Å². The summed E-state index contributed by atoms with van der Waals surface area (Å²) in [6.45, 7) is 8.22. The highest BCUT2D eigenvalue weighted by Crippen LogP contribution is 2.01. The minimum atomic E-state index is -0.117. The summed E-state index contributed by atoms with van der Waals surface area (Å²) in [7, 11) is 0. The Hall–Kier alpha value is -0.320. The molecule has 16 heavy (non-hydrogen) atoms. The van der Waals surface area contributed by atoms with Gasteiger partial charge in [0.25, 0.3) is 0 Å². The lowest BCUT2D eigenvalue weighted by molar-refractivity contribution is -0.124. The first-order valence-corrected chi connectivity index (χ1v) is 6.33. The molecule has 0 bridgehead atoms. The molecule has 1 saturated heterocycles. The average molecular weight is 249 g/mol. The van der Waals surface area contributed by atoms with Gasteiger partial charge >= 0.3 is 0 Å². The molecule has 1 amide bonds. The van der Waals surface area contributed by atoms with Crippen molar-refractivity contribution in [3.05, 3.63) is 0 Å². The summed E-state index contributed by atoms with van der Waals surface area (Å²) < 4.78 is 5.27. The summed E-state index contributed by atoms with van der Waals surface area (Å²) in [4.78, 5) is 13.9. The normalized spacial score (nSPS) is 21.4. The second kappa shape index (κ2) is 7.09. The van der Waals surface area contributed by atoms with Crippen LogP contribution in [-0.4, -0.2) is 55.6 Å². The number of hydrogen-bond acceptors (Lipinski definition) is 3. The van der Waals surface area contributed by atoms with Crippen LogP contribution < -0.4 is 5.32 Å². The maximum absolute atomic E-state index is 11.6. The molecular formula is C11H21ClN2O2. The van der Waals surface area contributed by atoms with E-state index in [0.717, 1.165) is 32.8 Å². The van der Waals surface area contributed by atoms with Crippen molar-refractivity contribution in [2.75, 3.05) is 38.7 Å². The fourth-order valence-corrected chi connectivity index (χ4v) is 1.81. The highest BCUT2D eigenvalue weighted by Gasteiger charge is 2.17. The van der Waals surface area contributed by atoms with Crippen LogP contribution in [0, 0.1) is 5.92 Å². The van der Waals surface area contributed by atoms with Gasteiger partial charge in [-0.3, -0.25) is 9.69 Å². The molecule has 1 aliphatic rings. The summed E-state index contributed by atoms with van der Waals surface area (Å²) in [5.74, 6) is 0.292. The number of halogens is 1. The molecule has 5 heteroatoms. The van der Waals surface area contributed by atoms with E-state index < -0.39 is 0 Å². The van der Waals surface area contributed by atoms with Crippen LogP contribution in [0.2, 0.25) is 0 Å². The smallest absolute Gasteiger partial charge is 0.224 e. The molecule has 0 spiro atoms. The molecule has 2 atom stereocenters. The van der Waals surface area contributed by atoms with Crippen LogP contribution in [0.4, 0.5) is 0 Å². The molecule has 94 valence electrons. The van der Waals surface area contributed by atoms with Gasteiger partial charge in [0.05, 0.1) is 13.2 Å². The Balaban J connectivity index is 2.23. The molecule has 0 saturated carbocycles. The quantitative estimate of drug-likeness (QED) is 0.729. The Morgan fingerprint density at radius 2 is 2.06 bits per heavy atom. The number of alkyl halides is 1. The number of morpholine rings is 1. The molecule has 0 aromatic heterocycles. The lowest BCUT2D eigenvalue weighted by Crippen LogP contribution is -2.47. The molecule has 0 aromatic carbocycles. The van der Waals surface area contributed by atoms with Gasteiger partial charge in [0, 0.05) is 37.5 Å². The lowest BCUT2D eigenvalue weighted by Gasteiger charge is -2.29. The fourth-order valence-electron chi connectivity index (χ4n) is 1.67. The summed E-state index contributed by atoms with van der Waals surface area (Å²) in [6, 6.07) is 0.163. The molecule has 1 fully saturated rings. The Morgan fingerprint density at radius 1 is 1.44 bits per heavy atom. The second-order valence-electron chi connectivity index (χ2n) is 4.38. The van der Waals surface area contributed by atoms with E-state index in [-0.39, 0.29) is 17.9 Å². The van der Waals surface area contributed by atoms with E-state index in [4.69, 9.17) is 16.3 Å². The molecule has 4 nitrogen and oxygen atoms in total. The summed E-state index contributed by atoms with van der Waals surface area (Å²) in [5.41, 5.74) is 0. The van der Waals surface area contributed by atoms with E-state index in [1.165, 1.54) is 0 Å². The molecule has 2 unspecified atom stereocenters. The van der Waals surface area contributed by atoms with Gasteiger partial charge in [0.15, 0.2) is 0 Å². The van der Waals surface area contributed by atoms with Crippen molar-refractivity contribution in [2.24, 2.45) is 5.92 Å². The van der Waals surface area contributed by atoms with E-state index in [1.807, 2.05) is 13.8 Å². The molecule has 0 aliphatic carbocycles. The highest BCUT2D eigenvalue weighted by molar-refractivity contribution is 6.19. The molecule has 0 aromatic rings. The zero-order valence-electron chi connectivity index (χ0n) is 10.0. The molecule has 1 heterocycles. The zero-order chi connectivity index (χ0) is 12.0. The van der Waals surface area contributed by atoms with Gasteiger partial charge < -0.3 is 10.1 Å². The van der Waals surface area contributed by atoms with Crippen LogP contribution in [0.3, 0.4) is 0 Å². The number of amides is 1. The van der Waals surface area contributed by atoms with Crippen molar-refractivity contribution < 1.29 is 9.53 Å². The maximum Gasteiger partial charge on any atom is 0.224 e. The number of rotatable bonds is 5. The SMILES string of the molecule is CC(CN1CCOCC1)NC(=O)C(C)CCl. The van der Waals surface area contributed by atoms with Gasteiger partial charge in [0.1, 0.15) is 0 Å². The lowest BCUT2D eigenvalue weighted by atomic mass is 10.2. The third-order valence-corrected chi connectivity index (χ3v) is 3.17. The first-order valence-electron chi connectivity index (χ1n) is 5.80. The minimum absolute atomic E-state index is 0.0377. The number of carbonyl (C=O) groups is 1. The van der Waals surface area contributed by atoms with Crippen molar-refractivity contribution in [2.45, 2.75) is 19.9 Å². The second-order valence-corrected chi connectivity index (χ2v) is 4.69. The van der Waals surface area contributed by atoms with Crippen LogP contribution in [0.25, 0.3) is 0 Å². The van der Waals surface area contributed by atoms with Crippen LogP contribution in [0.15, 0.2) is 0 Å².